The lowest BCUT2D eigenvalue weighted by atomic mass is 10.1. The van der Waals surface area contributed by atoms with E-state index in [9.17, 15) is 9.59 Å². The largest absolute Gasteiger partial charge is 0.491 e. The number of nitrogens with zero attached hydrogens (tertiary/aromatic N) is 2. The van der Waals surface area contributed by atoms with Gasteiger partial charge < -0.3 is 23.2 Å². The van der Waals surface area contributed by atoms with E-state index >= 15 is 0 Å². The standard InChI is InChI=1S/C23H24N2O6/c1-13(2)29-16-4-3-14-9-17(23(27)31-20(14)10-16)22(26)25-7-5-19-18(11-25)24-21(30-19)15-6-8-28-12-15/h3-4,9-10,13,15H,5-8,11-12H2,1-2H3. The van der Waals surface area contributed by atoms with Crippen molar-refractivity contribution in [2.45, 2.75) is 45.3 Å². The predicted molar refractivity (Wildman–Crippen MR) is 111 cm³/mol. The smallest absolute Gasteiger partial charge is 0.349 e. The zero-order valence-corrected chi connectivity index (χ0v) is 17.6. The van der Waals surface area contributed by atoms with Gasteiger partial charge in [0.1, 0.15) is 28.4 Å². The summed E-state index contributed by atoms with van der Waals surface area (Å²) in [5.74, 6) is 1.92. The number of fused-ring (bicyclic) bond motifs is 2. The molecule has 3 aromatic rings. The molecule has 0 spiro atoms. The van der Waals surface area contributed by atoms with Crippen LogP contribution in [-0.2, 0) is 17.7 Å². The molecule has 1 amide bonds. The third kappa shape index (κ3) is 3.83. The van der Waals surface area contributed by atoms with Crippen LogP contribution in [0, 0.1) is 0 Å². The maximum Gasteiger partial charge on any atom is 0.349 e. The Kier molecular flexibility index (Phi) is 5.02. The predicted octanol–water partition coefficient (Wildman–Crippen LogP) is 3.27. The summed E-state index contributed by atoms with van der Waals surface area (Å²) in [4.78, 5) is 31.9. The van der Waals surface area contributed by atoms with Gasteiger partial charge >= 0.3 is 5.63 Å². The molecular formula is C23H24N2O6. The molecule has 162 valence electrons. The van der Waals surface area contributed by atoms with Crippen molar-refractivity contribution < 1.29 is 23.1 Å². The van der Waals surface area contributed by atoms with Crippen molar-refractivity contribution in [3.8, 4) is 5.75 Å². The van der Waals surface area contributed by atoms with Crippen LogP contribution in [0.15, 0.2) is 37.9 Å². The molecular weight excluding hydrogens is 400 g/mol. The molecule has 1 unspecified atom stereocenters. The first-order valence-electron chi connectivity index (χ1n) is 10.6. The van der Waals surface area contributed by atoms with Crippen LogP contribution in [0.1, 0.15) is 53.9 Å². The molecule has 31 heavy (non-hydrogen) atoms. The number of carbonyl (C=O) groups is 1. The second-order valence-corrected chi connectivity index (χ2v) is 8.27. The van der Waals surface area contributed by atoms with Crippen molar-refractivity contribution in [1.29, 1.82) is 0 Å². The van der Waals surface area contributed by atoms with Gasteiger partial charge in [-0.3, -0.25) is 4.79 Å². The highest BCUT2D eigenvalue weighted by atomic mass is 16.5. The van der Waals surface area contributed by atoms with E-state index in [1.165, 1.54) is 0 Å². The minimum absolute atomic E-state index is 0.00672. The molecule has 0 bridgehead atoms. The highest BCUT2D eigenvalue weighted by Gasteiger charge is 2.31. The summed E-state index contributed by atoms with van der Waals surface area (Å²) in [6.07, 6.45) is 1.47. The minimum Gasteiger partial charge on any atom is -0.491 e. The molecule has 2 aliphatic heterocycles. The minimum atomic E-state index is -0.658. The highest BCUT2D eigenvalue weighted by Crippen LogP contribution is 2.29. The van der Waals surface area contributed by atoms with Gasteiger partial charge in [-0.1, -0.05) is 0 Å². The van der Waals surface area contributed by atoms with Crippen molar-refractivity contribution in [2.24, 2.45) is 0 Å². The van der Waals surface area contributed by atoms with Gasteiger partial charge in [-0.05, 0) is 38.5 Å². The van der Waals surface area contributed by atoms with Gasteiger partial charge in [0.25, 0.3) is 5.91 Å². The lowest BCUT2D eigenvalue weighted by Gasteiger charge is -2.25. The number of benzene rings is 1. The Bertz CT molecular complexity index is 1190. The fourth-order valence-electron chi connectivity index (χ4n) is 4.05. The number of hydrogen-bond acceptors (Lipinski definition) is 7. The van der Waals surface area contributed by atoms with Gasteiger partial charge in [-0.25, -0.2) is 9.78 Å². The Morgan fingerprint density at radius 2 is 2.13 bits per heavy atom. The lowest BCUT2D eigenvalue weighted by molar-refractivity contribution is 0.0723. The van der Waals surface area contributed by atoms with Crippen molar-refractivity contribution in [3.63, 3.8) is 0 Å². The molecule has 0 aliphatic carbocycles. The zero-order chi connectivity index (χ0) is 21.5. The Morgan fingerprint density at radius 3 is 2.90 bits per heavy atom. The van der Waals surface area contributed by atoms with E-state index in [1.807, 2.05) is 13.8 Å². The average molecular weight is 424 g/mol. The van der Waals surface area contributed by atoms with E-state index in [1.54, 1.807) is 29.2 Å². The maximum absolute atomic E-state index is 13.1. The van der Waals surface area contributed by atoms with Crippen LogP contribution in [0.5, 0.6) is 5.75 Å². The number of aromatic nitrogens is 1. The molecule has 1 aromatic carbocycles. The summed E-state index contributed by atoms with van der Waals surface area (Å²) >= 11 is 0. The summed E-state index contributed by atoms with van der Waals surface area (Å²) in [6, 6.07) is 6.84. The van der Waals surface area contributed by atoms with Gasteiger partial charge in [-0.2, -0.15) is 0 Å². The van der Waals surface area contributed by atoms with Crippen molar-refractivity contribution >= 4 is 16.9 Å². The first-order chi connectivity index (χ1) is 15.0. The van der Waals surface area contributed by atoms with Crippen LogP contribution in [0.25, 0.3) is 11.0 Å². The molecule has 8 nitrogen and oxygen atoms in total. The quantitative estimate of drug-likeness (QED) is 0.593. The van der Waals surface area contributed by atoms with Gasteiger partial charge in [0.2, 0.25) is 0 Å². The van der Waals surface area contributed by atoms with E-state index in [4.69, 9.17) is 18.3 Å². The third-order valence-corrected chi connectivity index (χ3v) is 5.62. The fourth-order valence-corrected chi connectivity index (χ4v) is 4.05. The van der Waals surface area contributed by atoms with Gasteiger partial charge in [0.05, 0.1) is 25.2 Å². The number of oxazole rings is 1. The van der Waals surface area contributed by atoms with Crippen molar-refractivity contribution in [1.82, 2.24) is 9.88 Å². The second kappa shape index (κ2) is 7.85. The maximum atomic E-state index is 13.1. The first kappa shape index (κ1) is 19.8. The van der Waals surface area contributed by atoms with Crippen LogP contribution in [-0.4, -0.2) is 41.7 Å². The highest BCUT2D eigenvalue weighted by molar-refractivity contribution is 5.96. The summed E-state index contributed by atoms with van der Waals surface area (Å²) in [5.41, 5.74) is 0.498. The molecule has 1 atom stereocenters. The summed E-state index contributed by atoms with van der Waals surface area (Å²) < 4.78 is 22.4. The molecule has 1 fully saturated rings. The molecule has 1 saturated heterocycles. The van der Waals surface area contributed by atoms with Gasteiger partial charge in [-0.15, -0.1) is 0 Å². The monoisotopic (exact) mass is 424 g/mol. The summed E-state index contributed by atoms with van der Waals surface area (Å²) in [7, 11) is 0. The van der Waals surface area contributed by atoms with Crippen LogP contribution in [0.3, 0.4) is 0 Å². The lowest BCUT2D eigenvalue weighted by Crippen LogP contribution is -2.37. The number of carbonyl (C=O) groups excluding carboxylic acids is 1. The number of amides is 1. The molecule has 4 heterocycles. The van der Waals surface area contributed by atoms with Gasteiger partial charge in [0, 0.05) is 31.0 Å². The molecule has 5 rings (SSSR count). The average Bonchev–Trinajstić information content (AvgIpc) is 3.41. The summed E-state index contributed by atoms with van der Waals surface area (Å²) in [5, 5.41) is 0.668. The van der Waals surface area contributed by atoms with Gasteiger partial charge in [0.15, 0.2) is 5.89 Å². The molecule has 0 saturated carbocycles. The molecule has 0 radical (unpaired) electrons. The van der Waals surface area contributed by atoms with E-state index < -0.39 is 5.63 Å². The second-order valence-electron chi connectivity index (χ2n) is 8.27. The normalized spacial score (nSPS) is 18.5. The van der Waals surface area contributed by atoms with E-state index in [2.05, 4.69) is 4.98 Å². The Labute approximate surface area is 178 Å². The molecule has 0 N–H and O–H groups in total. The first-order valence-corrected chi connectivity index (χ1v) is 10.6. The van der Waals surface area contributed by atoms with Crippen molar-refractivity contribution in [3.05, 3.63) is 57.6 Å². The number of rotatable bonds is 4. The van der Waals surface area contributed by atoms with E-state index in [0.29, 0.717) is 55.3 Å². The van der Waals surface area contributed by atoms with Crippen molar-refractivity contribution in [2.75, 3.05) is 19.8 Å². The number of ether oxygens (including phenoxy) is 2. The fraction of sp³-hybridized carbons (Fsp3) is 0.435. The van der Waals surface area contributed by atoms with Crippen LogP contribution < -0.4 is 10.4 Å². The Hall–Kier alpha value is -3.13. The third-order valence-electron chi connectivity index (χ3n) is 5.62. The number of hydrogen-bond donors (Lipinski definition) is 0. The van der Waals surface area contributed by atoms with Crippen LogP contribution >= 0.6 is 0 Å². The Balaban J connectivity index is 1.38. The Morgan fingerprint density at radius 1 is 1.26 bits per heavy atom. The summed E-state index contributed by atoms with van der Waals surface area (Å²) in [6.45, 7) is 5.94. The van der Waals surface area contributed by atoms with Crippen LogP contribution in [0.2, 0.25) is 0 Å². The molecule has 8 heteroatoms. The zero-order valence-electron chi connectivity index (χ0n) is 17.6. The van der Waals surface area contributed by atoms with Crippen LogP contribution in [0.4, 0.5) is 0 Å². The van der Waals surface area contributed by atoms with E-state index in [0.717, 1.165) is 17.9 Å². The topological polar surface area (TPSA) is 95.0 Å². The van der Waals surface area contributed by atoms with E-state index in [-0.39, 0.29) is 23.5 Å². The SMILES string of the molecule is CC(C)Oc1ccc2cc(C(=O)N3CCc4oc(C5CCOC5)nc4C3)c(=O)oc2c1. The molecule has 2 aliphatic rings. The molecule has 2 aromatic heterocycles.